The molecule has 22 heavy (non-hydrogen) atoms. The molecule has 1 amide bonds. The first-order chi connectivity index (χ1) is 10.4. The summed E-state index contributed by atoms with van der Waals surface area (Å²) in [5.74, 6) is -1.12. The minimum absolute atomic E-state index is 0.0198. The van der Waals surface area contributed by atoms with Gasteiger partial charge in [0, 0.05) is 11.1 Å². The predicted molar refractivity (Wildman–Crippen MR) is 86.0 cm³/mol. The van der Waals surface area contributed by atoms with E-state index in [1.165, 1.54) is 0 Å². The van der Waals surface area contributed by atoms with Gasteiger partial charge in [-0.3, -0.25) is 9.59 Å². The smallest absolute Gasteiger partial charge is 0.306 e. The lowest BCUT2D eigenvalue weighted by molar-refractivity contribution is -0.146. The monoisotopic (exact) mass is 323 g/mol. The van der Waals surface area contributed by atoms with Crippen LogP contribution in [0, 0.1) is 5.92 Å². The number of benzene rings is 1. The minimum atomic E-state index is -0.777. The number of carboxylic acid groups (broad SMARTS) is 1. The van der Waals surface area contributed by atoms with Crippen LogP contribution in [0.25, 0.3) is 0 Å². The molecule has 0 aromatic heterocycles. The highest BCUT2D eigenvalue weighted by atomic mass is 35.5. The lowest BCUT2D eigenvalue weighted by Crippen LogP contribution is -2.53. The molecule has 1 aromatic rings. The maximum atomic E-state index is 12.8. The molecule has 120 valence electrons. The third-order valence-electron chi connectivity index (χ3n) is 4.86. The fraction of sp³-hybridized carbons (Fsp3) is 0.529. The normalized spacial score (nSPS) is 21.0. The second-order valence-electron chi connectivity index (χ2n) is 5.97. The Morgan fingerprint density at radius 1 is 1.23 bits per heavy atom. The molecule has 2 N–H and O–H groups in total. The Morgan fingerprint density at radius 3 is 2.23 bits per heavy atom. The van der Waals surface area contributed by atoms with Crippen LogP contribution in [0.5, 0.6) is 0 Å². The summed E-state index contributed by atoms with van der Waals surface area (Å²) >= 11 is 5.93. The molecular weight excluding hydrogens is 302 g/mol. The molecule has 0 unspecified atom stereocenters. The second-order valence-corrected chi connectivity index (χ2v) is 6.41. The van der Waals surface area contributed by atoms with Gasteiger partial charge in [0.05, 0.1) is 11.3 Å². The molecule has 0 heterocycles. The maximum absolute atomic E-state index is 12.8. The quantitative estimate of drug-likeness (QED) is 0.843. The molecule has 1 aromatic carbocycles. The van der Waals surface area contributed by atoms with Crippen molar-refractivity contribution in [1.29, 1.82) is 0 Å². The van der Waals surface area contributed by atoms with E-state index in [4.69, 9.17) is 16.7 Å². The zero-order chi connectivity index (χ0) is 16.3. The Bertz CT molecular complexity index is 546. The van der Waals surface area contributed by atoms with Gasteiger partial charge in [0.1, 0.15) is 0 Å². The summed E-state index contributed by atoms with van der Waals surface area (Å²) in [6.45, 7) is 4.00. The number of amides is 1. The van der Waals surface area contributed by atoms with Crippen LogP contribution in [0.4, 0.5) is 0 Å². The Balaban J connectivity index is 2.12. The average molecular weight is 324 g/mol. The Morgan fingerprint density at radius 2 is 1.77 bits per heavy atom. The molecule has 0 spiro atoms. The van der Waals surface area contributed by atoms with Crippen LogP contribution in [0.2, 0.25) is 5.02 Å². The number of hydrogen-bond acceptors (Lipinski definition) is 2. The number of carbonyl (C=O) groups excluding carboxylic acids is 1. The van der Waals surface area contributed by atoms with E-state index in [-0.39, 0.29) is 17.9 Å². The summed E-state index contributed by atoms with van der Waals surface area (Å²) in [4.78, 5) is 23.7. The molecule has 0 aliphatic heterocycles. The van der Waals surface area contributed by atoms with Gasteiger partial charge in [-0.05, 0) is 43.4 Å². The van der Waals surface area contributed by atoms with E-state index in [1.807, 2.05) is 26.0 Å². The molecule has 0 saturated heterocycles. The summed E-state index contributed by atoms with van der Waals surface area (Å²) in [5, 5.41) is 12.6. The molecule has 0 radical (unpaired) electrons. The first kappa shape index (κ1) is 16.8. The van der Waals surface area contributed by atoms with Crippen molar-refractivity contribution >= 4 is 23.5 Å². The van der Waals surface area contributed by atoms with E-state index in [2.05, 4.69) is 5.32 Å². The Kier molecular flexibility index (Phi) is 5.12. The van der Waals surface area contributed by atoms with Crippen molar-refractivity contribution in [2.75, 3.05) is 0 Å². The topological polar surface area (TPSA) is 66.4 Å². The molecular formula is C17H22ClNO3. The number of hydrogen-bond donors (Lipinski definition) is 2. The molecule has 0 bridgehead atoms. The van der Waals surface area contributed by atoms with Gasteiger partial charge in [-0.15, -0.1) is 0 Å². The lowest BCUT2D eigenvalue weighted by Gasteiger charge is -2.38. The highest BCUT2D eigenvalue weighted by Gasteiger charge is 2.41. The summed E-state index contributed by atoms with van der Waals surface area (Å²) in [6.07, 6.45) is 2.41. The number of rotatable bonds is 6. The molecule has 1 aliphatic carbocycles. The first-order valence-electron chi connectivity index (χ1n) is 7.72. The van der Waals surface area contributed by atoms with Crippen LogP contribution in [0.3, 0.4) is 0 Å². The number of halogens is 1. The Hall–Kier alpha value is -1.55. The SMILES string of the molecule is CCC(CC)(C(=O)NC1CC(C(=O)O)C1)c1ccc(Cl)cc1. The standard InChI is InChI=1S/C17H22ClNO3/c1-3-17(4-2,12-5-7-13(18)8-6-12)16(22)19-14-9-11(10-14)15(20)21/h5-8,11,14H,3-4,9-10H2,1-2H3,(H,19,22)(H,20,21). The lowest BCUT2D eigenvalue weighted by atomic mass is 9.73. The summed E-state index contributed by atoms with van der Waals surface area (Å²) < 4.78 is 0. The third-order valence-corrected chi connectivity index (χ3v) is 5.11. The molecule has 1 fully saturated rings. The van der Waals surface area contributed by atoms with E-state index >= 15 is 0 Å². The summed E-state index contributed by atoms with van der Waals surface area (Å²) in [6, 6.07) is 7.37. The molecule has 4 nitrogen and oxygen atoms in total. The fourth-order valence-corrected chi connectivity index (χ4v) is 3.27. The van der Waals surface area contributed by atoms with Crippen molar-refractivity contribution < 1.29 is 14.7 Å². The molecule has 1 aliphatic rings. The number of aliphatic carboxylic acids is 1. The predicted octanol–water partition coefficient (Wildman–Crippen LogP) is 3.38. The van der Waals surface area contributed by atoms with Crippen LogP contribution in [-0.2, 0) is 15.0 Å². The van der Waals surface area contributed by atoms with Gasteiger partial charge in [0.2, 0.25) is 5.91 Å². The van der Waals surface area contributed by atoms with Gasteiger partial charge in [0.15, 0.2) is 0 Å². The number of nitrogens with one attached hydrogen (secondary N) is 1. The average Bonchev–Trinajstić information content (AvgIpc) is 2.45. The minimum Gasteiger partial charge on any atom is -0.481 e. The van der Waals surface area contributed by atoms with Gasteiger partial charge in [0.25, 0.3) is 0 Å². The van der Waals surface area contributed by atoms with Crippen molar-refractivity contribution in [2.24, 2.45) is 5.92 Å². The van der Waals surface area contributed by atoms with E-state index < -0.39 is 11.4 Å². The second kappa shape index (κ2) is 6.69. The maximum Gasteiger partial charge on any atom is 0.306 e. The fourth-order valence-electron chi connectivity index (χ4n) is 3.14. The van der Waals surface area contributed by atoms with Crippen molar-refractivity contribution in [3.05, 3.63) is 34.9 Å². The van der Waals surface area contributed by atoms with Gasteiger partial charge < -0.3 is 10.4 Å². The van der Waals surface area contributed by atoms with E-state index in [1.54, 1.807) is 12.1 Å². The number of carboxylic acids is 1. The van der Waals surface area contributed by atoms with Crippen LogP contribution in [-0.4, -0.2) is 23.0 Å². The Labute approximate surface area is 135 Å². The van der Waals surface area contributed by atoms with Crippen LogP contribution in [0.1, 0.15) is 45.1 Å². The zero-order valence-electron chi connectivity index (χ0n) is 12.9. The van der Waals surface area contributed by atoms with Crippen LogP contribution >= 0.6 is 11.6 Å². The van der Waals surface area contributed by atoms with E-state index in [0.29, 0.717) is 30.7 Å². The molecule has 5 heteroatoms. The van der Waals surface area contributed by atoms with Crippen LogP contribution in [0.15, 0.2) is 24.3 Å². The van der Waals surface area contributed by atoms with Crippen LogP contribution < -0.4 is 5.32 Å². The first-order valence-corrected chi connectivity index (χ1v) is 8.10. The van der Waals surface area contributed by atoms with Crippen molar-refractivity contribution in [3.8, 4) is 0 Å². The van der Waals surface area contributed by atoms with Gasteiger partial charge >= 0.3 is 5.97 Å². The van der Waals surface area contributed by atoms with E-state index in [0.717, 1.165) is 5.56 Å². The molecule has 2 rings (SSSR count). The largest absolute Gasteiger partial charge is 0.481 e. The van der Waals surface area contributed by atoms with Crippen molar-refractivity contribution in [2.45, 2.75) is 51.0 Å². The molecule has 0 atom stereocenters. The summed E-state index contributed by atoms with van der Waals surface area (Å²) in [7, 11) is 0. The van der Waals surface area contributed by atoms with E-state index in [9.17, 15) is 9.59 Å². The van der Waals surface area contributed by atoms with Gasteiger partial charge in [-0.1, -0.05) is 37.6 Å². The highest BCUT2D eigenvalue weighted by Crippen LogP contribution is 2.35. The van der Waals surface area contributed by atoms with Crippen molar-refractivity contribution in [1.82, 2.24) is 5.32 Å². The van der Waals surface area contributed by atoms with Gasteiger partial charge in [-0.2, -0.15) is 0 Å². The zero-order valence-corrected chi connectivity index (χ0v) is 13.7. The van der Waals surface area contributed by atoms with Gasteiger partial charge in [-0.25, -0.2) is 0 Å². The number of carbonyl (C=O) groups is 2. The highest BCUT2D eigenvalue weighted by molar-refractivity contribution is 6.30. The third kappa shape index (κ3) is 3.12. The molecule has 1 saturated carbocycles. The van der Waals surface area contributed by atoms with Crippen molar-refractivity contribution in [3.63, 3.8) is 0 Å². The summed E-state index contributed by atoms with van der Waals surface area (Å²) in [5.41, 5.74) is 0.368.